The Balaban J connectivity index is 2.19. The summed E-state index contributed by atoms with van der Waals surface area (Å²) in [6.45, 7) is 0.189. The molecule has 0 unspecified atom stereocenters. The van der Waals surface area contributed by atoms with Gasteiger partial charge in [-0.3, -0.25) is 5.10 Å². The summed E-state index contributed by atoms with van der Waals surface area (Å²) in [4.78, 5) is 0. The Morgan fingerprint density at radius 3 is 2.88 bits per heavy atom. The summed E-state index contributed by atoms with van der Waals surface area (Å²) >= 11 is 0. The average molecular weight is 241 g/mol. The van der Waals surface area contributed by atoms with Crippen molar-refractivity contribution in [3.8, 4) is 0 Å². The zero-order valence-electron chi connectivity index (χ0n) is 8.62. The molecule has 2 rings (SSSR count). The monoisotopic (exact) mass is 241 g/mol. The van der Waals surface area contributed by atoms with E-state index < -0.39 is 10.0 Å². The van der Waals surface area contributed by atoms with Gasteiger partial charge in [0.1, 0.15) is 5.76 Å². The van der Waals surface area contributed by atoms with Gasteiger partial charge < -0.3 is 4.42 Å². The van der Waals surface area contributed by atoms with Crippen LogP contribution in [0.15, 0.2) is 40.1 Å². The summed E-state index contributed by atoms with van der Waals surface area (Å²) in [5.41, 5.74) is 0. The van der Waals surface area contributed by atoms with Crippen molar-refractivity contribution in [2.75, 3.05) is 7.05 Å². The van der Waals surface area contributed by atoms with Gasteiger partial charge in [-0.15, -0.1) is 0 Å². The molecule has 0 aliphatic heterocycles. The minimum Gasteiger partial charge on any atom is -0.468 e. The molecule has 0 saturated heterocycles. The van der Waals surface area contributed by atoms with Crippen LogP contribution in [-0.4, -0.2) is 30.0 Å². The van der Waals surface area contributed by atoms with E-state index in [1.165, 1.54) is 29.9 Å². The molecule has 16 heavy (non-hydrogen) atoms. The highest BCUT2D eigenvalue weighted by atomic mass is 32.2. The SMILES string of the molecule is CN(Cc1ccco1)S(=O)(=O)c1ccn[nH]1. The molecule has 86 valence electrons. The van der Waals surface area contributed by atoms with E-state index in [4.69, 9.17) is 4.42 Å². The second-order valence-corrected chi connectivity index (χ2v) is 5.27. The molecule has 2 aromatic heterocycles. The summed E-state index contributed by atoms with van der Waals surface area (Å²) in [5, 5.41) is 6.11. The molecule has 0 aromatic carbocycles. The maximum Gasteiger partial charge on any atom is 0.260 e. The molecule has 0 spiro atoms. The quantitative estimate of drug-likeness (QED) is 0.859. The third-order valence-corrected chi connectivity index (χ3v) is 3.85. The minimum absolute atomic E-state index is 0.0709. The van der Waals surface area contributed by atoms with E-state index >= 15 is 0 Å². The fourth-order valence-electron chi connectivity index (χ4n) is 1.26. The number of H-pyrrole nitrogens is 1. The number of sulfonamides is 1. The van der Waals surface area contributed by atoms with Crippen LogP contribution in [0.3, 0.4) is 0 Å². The summed E-state index contributed by atoms with van der Waals surface area (Å²) in [7, 11) is -2.03. The number of nitrogens with one attached hydrogen (secondary N) is 1. The Morgan fingerprint density at radius 2 is 2.31 bits per heavy atom. The van der Waals surface area contributed by atoms with Crippen molar-refractivity contribution in [2.24, 2.45) is 0 Å². The molecule has 0 atom stereocenters. The van der Waals surface area contributed by atoms with E-state index in [-0.39, 0.29) is 11.6 Å². The Bertz CT molecular complexity index is 531. The molecule has 0 saturated carbocycles. The zero-order chi connectivity index (χ0) is 11.6. The Kier molecular flexibility index (Phi) is 2.80. The standard InChI is InChI=1S/C9H11N3O3S/c1-12(7-8-3-2-6-15-8)16(13,14)9-4-5-10-11-9/h2-6H,7H2,1H3,(H,10,11). The fourth-order valence-corrected chi connectivity index (χ4v) is 2.30. The maximum atomic E-state index is 11.9. The van der Waals surface area contributed by atoms with Crippen molar-refractivity contribution in [3.63, 3.8) is 0 Å². The van der Waals surface area contributed by atoms with E-state index in [9.17, 15) is 8.42 Å². The van der Waals surface area contributed by atoms with Gasteiger partial charge in [0, 0.05) is 7.05 Å². The van der Waals surface area contributed by atoms with Crippen molar-refractivity contribution in [1.82, 2.24) is 14.5 Å². The van der Waals surface area contributed by atoms with Gasteiger partial charge in [-0.25, -0.2) is 8.42 Å². The minimum atomic E-state index is -3.52. The molecule has 2 aromatic rings. The second kappa shape index (κ2) is 4.11. The Labute approximate surface area is 92.9 Å². The van der Waals surface area contributed by atoms with Gasteiger partial charge in [-0.1, -0.05) is 0 Å². The van der Waals surface area contributed by atoms with Crippen LogP contribution in [0.25, 0.3) is 0 Å². The highest BCUT2D eigenvalue weighted by molar-refractivity contribution is 7.89. The molecule has 0 amide bonds. The van der Waals surface area contributed by atoms with Crippen LogP contribution in [0.1, 0.15) is 5.76 Å². The first kappa shape index (κ1) is 10.9. The zero-order valence-corrected chi connectivity index (χ0v) is 9.44. The topological polar surface area (TPSA) is 79.2 Å². The van der Waals surface area contributed by atoms with Gasteiger partial charge in [0.15, 0.2) is 5.03 Å². The molecule has 0 aliphatic carbocycles. The number of aromatic nitrogens is 2. The van der Waals surface area contributed by atoms with Gasteiger partial charge in [0.25, 0.3) is 10.0 Å². The first-order valence-corrected chi connectivity index (χ1v) is 6.03. The lowest BCUT2D eigenvalue weighted by atomic mass is 10.4. The molecule has 0 aliphatic rings. The van der Waals surface area contributed by atoms with Crippen LogP contribution >= 0.6 is 0 Å². The number of furan rings is 1. The average Bonchev–Trinajstić information content (AvgIpc) is 2.89. The van der Waals surface area contributed by atoms with Gasteiger partial charge in [0.05, 0.1) is 19.0 Å². The first-order valence-electron chi connectivity index (χ1n) is 4.59. The normalized spacial score (nSPS) is 12.1. The van der Waals surface area contributed by atoms with Crippen LogP contribution < -0.4 is 0 Å². The number of hydrogen-bond acceptors (Lipinski definition) is 4. The molecular formula is C9H11N3O3S. The highest BCUT2D eigenvalue weighted by Gasteiger charge is 2.22. The molecule has 2 heterocycles. The van der Waals surface area contributed by atoms with Crippen molar-refractivity contribution < 1.29 is 12.8 Å². The van der Waals surface area contributed by atoms with Crippen LogP contribution in [0.2, 0.25) is 0 Å². The van der Waals surface area contributed by atoms with Crippen molar-refractivity contribution in [2.45, 2.75) is 11.6 Å². The van der Waals surface area contributed by atoms with Gasteiger partial charge >= 0.3 is 0 Å². The fraction of sp³-hybridized carbons (Fsp3) is 0.222. The predicted molar refractivity (Wildman–Crippen MR) is 55.9 cm³/mol. The second-order valence-electron chi connectivity index (χ2n) is 3.26. The van der Waals surface area contributed by atoms with Crippen molar-refractivity contribution >= 4 is 10.0 Å². The molecule has 1 N–H and O–H groups in total. The highest BCUT2D eigenvalue weighted by Crippen LogP contribution is 2.13. The van der Waals surface area contributed by atoms with Gasteiger partial charge in [-0.2, -0.15) is 9.40 Å². The van der Waals surface area contributed by atoms with E-state index in [0.717, 1.165) is 0 Å². The summed E-state index contributed by atoms with van der Waals surface area (Å²) in [6.07, 6.45) is 2.90. The Hall–Kier alpha value is -1.60. The van der Waals surface area contributed by atoms with Crippen LogP contribution in [-0.2, 0) is 16.6 Å². The number of aromatic amines is 1. The third-order valence-electron chi connectivity index (χ3n) is 2.12. The lowest BCUT2D eigenvalue weighted by Gasteiger charge is -2.13. The van der Waals surface area contributed by atoms with Crippen molar-refractivity contribution in [3.05, 3.63) is 36.4 Å². The summed E-state index contributed by atoms with van der Waals surface area (Å²) in [5.74, 6) is 0.589. The molecule has 0 radical (unpaired) electrons. The third kappa shape index (κ3) is 2.00. The largest absolute Gasteiger partial charge is 0.468 e. The van der Waals surface area contributed by atoms with Crippen LogP contribution in [0, 0.1) is 0 Å². The van der Waals surface area contributed by atoms with Crippen molar-refractivity contribution in [1.29, 1.82) is 0 Å². The first-order chi connectivity index (χ1) is 7.60. The van der Waals surface area contributed by atoms with Gasteiger partial charge in [0.2, 0.25) is 0 Å². The molecule has 7 heteroatoms. The predicted octanol–water partition coefficient (Wildman–Crippen LogP) is 0.823. The molecule has 0 bridgehead atoms. The summed E-state index contributed by atoms with van der Waals surface area (Å²) in [6, 6.07) is 4.85. The van der Waals surface area contributed by atoms with Crippen LogP contribution in [0.4, 0.5) is 0 Å². The summed E-state index contributed by atoms with van der Waals surface area (Å²) < 4.78 is 30.1. The lowest BCUT2D eigenvalue weighted by Crippen LogP contribution is -2.26. The number of rotatable bonds is 4. The van der Waals surface area contributed by atoms with E-state index in [1.807, 2.05) is 0 Å². The molecular weight excluding hydrogens is 230 g/mol. The molecule has 6 nitrogen and oxygen atoms in total. The van der Waals surface area contributed by atoms with Crippen LogP contribution in [0.5, 0.6) is 0 Å². The lowest BCUT2D eigenvalue weighted by molar-refractivity contribution is 0.405. The maximum absolute atomic E-state index is 11.9. The molecule has 0 fully saturated rings. The Morgan fingerprint density at radius 1 is 1.50 bits per heavy atom. The smallest absolute Gasteiger partial charge is 0.260 e. The van der Waals surface area contributed by atoms with E-state index in [2.05, 4.69) is 10.2 Å². The number of hydrogen-bond donors (Lipinski definition) is 1. The van der Waals surface area contributed by atoms with E-state index in [0.29, 0.717) is 5.76 Å². The van der Waals surface area contributed by atoms with E-state index in [1.54, 1.807) is 12.1 Å². The number of nitrogens with zero attached hydrogens (tertiary/aromatic N) is 2. The van der Waals surface area contributed by atoms with Gasteiger partial charge in [-0.05, 0) is 18.2 Å².